The fourth-order valence-corrected chi connectivity index (χ4v) is 1.40. The second-order valence-electron chi connectivity index (χ2n) is 4.00. The summed E-state index contributed by atoms with van der Waals surface area (Å²) in [4.78, 5) is 11.5. The number of rotatable bonds is 5. The van der Waals surface area contributed by atoms with Gasteiger partial charge in [-0.2, -0.15) is 0 Å². The minimum Gasteiger partial charge on any atom is -0.338 e. The molecule has 0 aliphatic heterocycles. The maximum absolute atomic E-state index is 12.6. The maximum Gasteiger partial charge on any atom is 0.319 e. The maximum atomic E-state index is 12.6. The lowest BCUT2D eigenvalue weighted by Gasteiger charge is -2.12. The zero-order valence-corrected chi connectivity index (χ0v) is 10.1. The molecule has 0 fully saturated rings. The molecule has 1 atom stereocenters. The van der Waals surface area contributed by atoms with Crippen molar-refractivity contribution in [2.45, 2.75) is 6.92 Å². The van der Waals surface area contributed by atoms with Crippen LogP contribution in [0.25, 0.3) is 0 Å². The smallest absolute Gasteiger partial charge is 0.319 e. The Morgan fingerprint density at radius 1 is 1.29 bits per heavy atom. The van der Waals surface area contributed by atoms with Crippen LogP contribution < -0.4 is 16.0 Å². The fourth-order valence-electron chi connectivity index (χ4n) is 1.40. The van der Waals surface area contributed by atoms with Crippen LogP contribution in [0, 0.1) is 11.7 Å². The van der Waals surface area contributed by atoms with Crippen LogP contribution in [0.2, 0.25) is 0 Å². The summed E-state index contributed by atoms with van der Waals surface area (Å²) in [5.74, 6) is 0.0394. The van der Waals surface area contributed by atoms with Crippen LogP contribution in [-0.4, -0.2) is 26.2 Å². The lowest BCUT2D eigenvalue weighted by Crippen LogP contribution is -2.35. The molecule has 0 aromatic heterocycles. The van der Waals surface area contributed by atoms with Crippen LogP contribution in [0.4, 0.5) is 14.9 Å². The van der Waals surface area contributed by atoms with Gasteiger partial charge < -0.3 is 16.0 Å². The number of benzene rings is 1. The van der Waals surface area contributed by atoms with E-state index in [1.807, 2.05) is 14.0 Å². The van der Waals surface area contributed by atoms with Gasteiger partial charge in [0.15, 0.2) is 0 Å². The number of nitrogens with one attached hydrogen (secondary N) is 3. The molecule has 94 valence electrons. The Morgan fingerprint density at radius 2 is 1.94 bits per heavy atom. The molecule has 0 radical (unpaired) electrons. The fraction of sp³-hybridized carbons (Fsp3) is 0.417. The molecule has 0 saturated heterocycles. The van der Waals surface area contributed by atoms with Gasteiger partial charge in [-0.05, 0) is 43.8 Å². The average molecular weight is 239 g/mol. The van der Waals surface area contributed by atoms with E-state index in [2.05, 4.69) is 16.0 Å². The van der Waals surface area contributed by atoms with Crippen molar-refractivity contribution >= 4 is 11.7 Å². The standard InChI is InChI=1S/C12H18FN3O/c1-9(7-14-2)8-15-12(17)16-11-5-3-10(13)4-6-11/h3-6,9,14H,7-8H2,1-2H3,(H2,15,16,17). The van der Waals surface area contributed by atoms with Crippen molar-refractivity contribution in [2.24, 2.45) is 5.92 Å². The topological polar surface area (TPSA) is 53.2 Å². The molecule has 0 bridgehead atoms. The molecule has 4 nitrogen and oxygen atoms in total. The second-order valence-corrected chi connectivity index (χ2v) is 4.00. The zero-order chi connectivity index (χ0) is 12.7. The number of carbonyl (C=O) groups is 1. The van der Waals surface area contributed by atoms with Crippen molar-refractivity contribution in [1.29, 1.82) is 0 Å². The van der Waals surface area contributed by atoms with Crippen LogP contribution in [0.1, 0.15) is 6.92 Å². The van der Waals surface area contributed by atoms with Gasteiger partial charge in [0.1, 0.15) is 5.82 Å². The average Bonchev–Trinajstić information content (AvgIpc) is 2.30. The first-order valence-electron chi connectivity index (χ1n) is 5.57. The molecule has 1 rings (SSSR count). The first-order valence-corrected chi connectivity index (χ1v) is 5.57. The van der Waals surface area contributed by atoms with Crippen molar-refractivity contribution in [3.8, 4) is 0 Å². The first-order chi connectivity index (χ1) is 8.11. The highest BCUT2D eigenvalue weighted by Crippen LogP contribution is 2.07. The number of amides is 2. The molecule has 3 N–H and O–H groups in total. The van der Waals surface area contributed by atoms with Gasteiger partial charge in [-0.3, -0.25) is 0 Å². The summed E-state index contributed by atoms with van der Waals surface area (Å²) >= 11 is 0. The third kappa shape index (κ3) is 5.31. The lowest BCUT2D eigenvalue weighted by atomic mass is 10.2. The molecule has 2 amide bonds. The molecule has 0 aliphatic rings. The Hall–Kier alpha value is -1.62. The molecular formula is C12H18FN3O. The Labute approximate surface area is 101 Å². The van der Waals surface area contributed by atoms with Crippen LogP contribution >= 0.6 is 0 Å². The van der Waals surface area contributed by atoms with Crippen LogP contribution in [-0.2, 0) is 0 Å². The van der Waals surface area contributed by atoms with Crippen molar-refractivity contribution in [1.82, 2.24) is 10.6 Å². The van der Waals surface area contributed by atoms with E-state index in [-0.39, 0.29) is 11.8 Å². The Kier molecular flexibility index (Phi) is 5.42. The van der Waals surface area contributed by atoms with Gasteiger partial charge in [-0.1, -0.05) is 6.92 Å². The van der Waals surface area contributed by atoms with Gasteiger partial charge >= 0.3 is 6.03 Å². The normalized spacial score (nSPS) is 11.9. The van der Waals surface area contributed by atoms with E-state index in [1.165, 1.54) is 24.3 Å². The molecule has 0 spiro atoms. The van der Waals surface area contributed by atoms with E-state index in [9.17, 15) is 9.18 Å². The van der Waals surface area contributed by atoms with Crippen LogP contribution in [0.5, 0.6) is 0 Å². The second kappa shape index (κ2) is 6.85. The van der Waals surface area contributed by atoms with Gasteiger partial charge in [0.05, 0.1) is 0 Å². The van der Waals surface area contributed by atoms with Crippen molar-refractivity contribution < 1.29 is 9.18 Å². The van der Waals surface area contributed by atoms with Crippen LogP contribution in [0.3, 0.4) is 0 Å². The summed E-state index contributed by atoms with van der Waals surface area (Å²) in [5, 5.41) is 8.41. The molecule has 0 aliphatic carbocycles. The van der Waals surface area contributed by atoms with E-state index >= 15 is 0 Å². The predicted octanol–water partition coefficient (Wildman–Crippen LogP) is 1.80. The van der Waals surface area contributed by atoms with Crippen molar-refractivity contribution in [3.63, 3.8) is 0 Å². The molecule has 0 saturated carbocycles. The third-order valence-corrected chi connectivity index (χ3v) is 2.27. The summed E-state index contributed by atoms with van der Waals surface area (Å²) in [6.45, 7) is 3.47. The molecule has 17 heavy (non-hydrogen) atoms. The van der Waals surface area contributed by atoms with Crippen LogP contribution in [0.15, 0.2) is 24.3 Å². The molecular weight excluding hydrogens is 221 g/mol. The highest BCUT2D eigenvalue weighted by Gasteiger charge is 2.04. The van der Waals surface area contributed by atoms with Gasteiger partial charge in [0, 0.05) is 12.2 Å². The molecule has 1 aromatic rings. The van der Waals surface area contributed by atoms with Gasteiger partial charge in [-0.15, -0.1) is 0 Å². The molecule has 1 unspecified atom stereocenters. The summed E-state index contributed by atoms with van der Waals surface area (Å²) < 4.78 is 12.6. The highest BCUT2D eigenvalue weighted by atomic mass is 19.1. The Balaban J connectivity index is 2.32. The van der Waals surface area contributed by atoms with Crippen molar-refractivity contribution in [2.75, 3.05) is 25.5 Å². The Bertz CT molecular complexity index is 353. The quantitative estimate of drug-likeness (QED) is 0.734. The monoisotopic (exact) mass is 239 g/mol. The summed E-state index contributed by atoms with van der Waals surface area (Å²) in [7, 11) is 1.87. The number of urea groups is 1. The van der Waals surface area contributed by atoms with Gasteiger partial charge in [0.25, 0.3) is 0 Å². The summed E-state index contributed by atoms with van der Waals surface area (Å²) in [5.41, 5.74) is 0.574. The summed E-state index contributed by atoms with van der Waals surface area (Å²) in [6.07, 6.45) is 0. The number of anilines is 1. The highest BCUT2D eigenvalue weighted by molar-refractivity contribution is 5.89. The number of carbonyl (C=O) groups excluding carboxylic acids is 1. The Morgan fingerprint density at radius 3 is 2.53 bits per heavy atom. The van der Waals surface area contributed by atoms with E-state index in [4.69, 9.17) is 0 Å². The van der Waals surface area contributed by atoms with E-state index in [1.54, 1.807) is 0 Å². The molecule has 1 aromatic carbocycles. The lowest BCUT2D eigenvalue weighted by molar-refractivity contribution is 0.250. The SMILES string of the molecule is CNCC(C)CNC(=O)Nc1ccc(F)cc1. The molecule has 0 heterocycles. The minimum atomic E-state index is -0.321. The number of halogens is 1. The minimum absolute atomic E-state index is 0.278. The van der Waals surface area contributed by atoms with Gasteiger partial charge in [0.2, 0.25) is 0 Å². The zero-order valence-electron chi connectivity index (χ0n) is 10.1. The third-order valence-electron chi connectivity index (χ3n) is 2.27. The summed E-state index contributed by atoms with van der Waals surface area (Å²) in [6, 6.07) is 5.37. The van der Waals surface area contributed by atoms with E-state index < -0.39 is 0 Å². The predicted molar refractivity (Wildman–Crippen MR) is 66.5 cm³/mol. The molecule has 5 heteroatoms. The van der Waals surface area contributed by atoms with Gasteiger partial charge in [-0.25, -0.2) is 9.18 Å². The number of hydrogen-bond donors (Lipinski definition) is 3. The number of hydrogen-bond acceptors (Lipinski definition) is 2. The van der Waals surface area contributed by atoms with E-state index in [0.717, 1.165) is 6.54 Å². The van der Waals surface area contributed by atoms with E-state index in [0.29, 0.717) is 18.2 Å². The first kappa shape index (κ1) is 13.4. The largest absolute Gasteiger partial charge is 0.338 e. The van der Waals surface area contributed by atoms with Crippen molar-refractivity contribution in [3.05, 3.63) is 30.1 Å².